The zero-order chi connectivity index (χ0) is 89.6. The van der Waals surface area contributed by atoms with Crippen molar-refractivity contribution in [3.05, 3.63) is 358 Å². The molecule has 4 heterocycles. The Bertz CT molecular complexity index is 5280. The average Bonchev–Trinajstić information content (AvgIpc) is 0.785. The molecule has 129 heavy (non-hydrogen) atoms. The van der Waals surface area contributed by atoms with Gasteiger partial charge >= 0.3 is 0 Å². The molecule has 0 spiro atoms. The third kappa shape index (κ3) is 30.4. The number of rotatable bonds is 32. The lowest BCUT2D eigenvalue weighted by Crippen LogP contribution is -2.27. The molecule has 8 N–H and O–H groups in total. The number of piperidine rings is 4. The summed E-state index contributed by atoms with van der Waals surface area (Å²) in [6, 6.07) is 96.0. The molecule has 15 heteroatoms. The summed E-state index contributed by atoms with van der Waals surface area (Å²) < 4.78 is 43.0. The fraction of sp³-hybridized carbons (Fsp3) is 0.333. The summed E-state index contributed by atoms with van der Waals surface area (Å²) in [5.74, 6) is 0.662. The predicted octanol–water partition coefficient (Wildman–Crippen LogP) is 25.7. The minimum atomic E-state index is -0.366. The van der Waals surface area contributed by atoms with E-state index in [1.807, 2.05) is 85.8 Å². The van der Waals surface area contributed by atoms with Gasteiger partial charge in [-0.15, -0.1) is 0 Å². The van der Waals surface area contributed by atoms with Crippen molar-refractivity contribution >= 4 is 46.4 Å². The maximum atomic E-state index is 14.5. The van der Waals surface area contributed by atoms with E-state index in [2.05, 4.69) is 231 Å². The summed E-state index contributed by atoms with van der Waals surface area (Å²) in [4.78, 5) is 49.7. The summed E-state index contributed by atoms with van der Waals surface area (Å²) in [7, 11) is 0. The summed E-state index contributed by atoms with van der Waals surface area (Å²) >= 11 is 0. The lowest BCUT2D eigenvalue weighted by atomic mass is 9.87. The standard InChI is InChI=1S/C29H33FN2O.C29H34N2O.2C28H31FN2O/c1-21-19-27(30)28(20-26(21)25-15-17-31-18-16-25)32-29(33)10-6-5-7-22-11-13-24(14-12-22)23-8-3-2-4-9-23;1-22-11-16-27(21-28(22)26-17-19-30-20-18-26)31-29(32)10-6-5-7-23-12-14-25(15-13-23)24-8-3-2-4-9-24;29-27-15-14-25(20-26(27)24-16-18-30-19-17-24)31-28(32)9-5-4-6-21-10-12-23(13-11-21)22-7-2-1-3-8-22;29-26-15-14-25(24-16-18-30-19-17-24)20-27(26)31-28(32)9-5-4-6-21-10-12-23(13-11-21)22-7-2-1-3-8-22/h2-4,8-9,11-14,19-20,25,31H,5-7,10,15-18H2,1H3,(H,32,33);2-4,8-9,11-16,21,26,30H,5-7,10,17-20H2,1H3,(H,31,32);2*1-3,7-8,10-15,20,24,30H,4-6,9,16-19H2,(H,31,32). The van der Waals surface area contributed by atoms with Crippen LogP contribution < -0.4 is 42.5 Å². The number of aryl methyl sites for hydroxylation is 6. The van der Waals surface area contributed by atoms with Crippen molar-refractivity contribution in [2.24, 2.45) is 0 Å². The van der Waals surface area contributed by atoms with E-state index in [1.54, 1.807) is 12.1 Å². The van der Waals surface area contributed by atoms with Crippen LogP contribution in [0.25, 0.3) is 44.5 Å². The number of carbonyl (C=O) groups is 4. The Morgan fingerprint density at radius 2 is 0.550 bits per heavy atom. The Labute approximate surface area is 763 Å². The van der Waals surface area contributed by atoms with Crippen molar-refractivity contribution in [2.45, 2.75) is 192 Å². The zero-order valence-electron chi connectivity index (χ0n) is 75.3. The number of unbranched alkanes of at least 4 members (excludes halogenated alkanes) is 4. The van der Waals surface area contributed by atoms with Crippen LogP contribution in [0.15, 0.2) is 285 Å². The highest BCUT2D eigenvalue weighted by atomic mass is 19.1. The van der Waals surface area contributed by atoms with E-state index >= 15 is 0 Å². The first kappa shape index (κ1) is 94.8. The maximum absolute atomic E-state index is 14.5. The van der Waals surface area contributed by atoms with Gasteiger partial charge in [0.05, 0.1) is 11.4 Å². The number of benzene rings is 12. The van der Waals surface area contributed by atoms with E-state index < -0.39 is 0 Å². The highest BCUT2D eigenvalue weighted by molar-refractivity contribution is 5.93. The highest BCUT2D eigenvalue weighted by Gasteiger charge is 2.24. The van der Waals surface area contributed by atoms with Crippen molar-refractivity contribution in [3.63, 3.8) is 0 Å². The van der Waals surface area contributed by atoms with Crippen LogP contribution in [-0.2, 0) is 44.9 Å². The Balaban J connectivity index is 0.000000147. The molecule has 4 aliphatic rings. The second-order valence-electron chi connectivity index (χ2n) is 35.1. The molecule has 0 saturated carbocycles. The van der Waals surface area contributed by atoms with Crippen LogP contribution in [0.1, 0.15) is 208 Å². The van der Waals surface area contributed by atoms with E-state index in [1.165, 1.54) is 103 Å². The smallest absolute Gasteiger partial charge is 0.224 e. The second-order valence-corrected chi connectivity index (χ2v) is 35.1. The fourth-order valence-electron chi connectivity index (χ4n) is 18.1. The molecule has 4 aliphatic heterocycles. The maximum Gasteiger partial charge on any atom is 0.224 e. The quantitative estimate of drug-likeness (QED) is 0.0193. The monoisotopic (exact) mass is 1730 g/mol. The topological polar surface area (TPSA) is 165 Å². The molecule has 12 aromatic rings. The van der Waals surface area contributed by atoms with Gasteiger partial charge in [0.15, 0.2) is 0 Å². The zero-order valence-corrected chi connectivity index (χ0v) is 75.3. The number of hydrogen-bond acceptors (Lipinski definition) is 8. The molecule has 0 unspecified atom stereocenters. The van der Waals surface area contributed by atoms with Crippen LogP contribution in [0.3, 0.4) is 0 Å². The summed E-state index contributed by atoms with van der Waals surface area (Å²) in [5.41, 5.74) is 23.9. The van der Waals surface area contributed by atoms with Crippen molar-refractivity contribution in [1.82, 2.24) is 21.3 Å². The Morgan fingerprint density at radius 1 is 0.264 bits per heavy atom. The fourth-order valence-corrected chi connectivity index (χ4v) is 18.1. The van der Waals surface area contributed by atoms with Crippen molar-refractivity contribution in [1.29, 1.82) is 0 Å². The molecule has 0 aliphatic carbocycles. The number of carbonyl (C=O) groups excluding carboxylic acids is 4. The molecule has 12 nitrogen and oxygen atoms in total. The van der Waals surface area contributed by atoms with E-state index in [0.29, 0.717) is 60.5 Å². The van der Waals surface area contributed by atoms with Gasteiger partial charge in [0.25, 0.3) is 0 Å². The Kier molecular flexibility index (Phi) is 37.3. The number of halogens is 3. The number of amides is 4. The van der Waals surface area contributed by atoms with Gasteiger partial charge in [0.2, 0.25) is 23.6 Å². The first-order valence-electron chi connectivity index (χ1n) is 47.3. The lowest BCUT2D eigenvalue weighted by molar-refractivity contribution is -0.117. The Hall–Kier alpha value is -11.9. The number of anilines is 4. The molecule has 0 aromatic heterocycles. The predicted molar refractivity (Wildman–Crippen MR) is 527 cm³/mol. The van der Waals surface area contributed by atoms with Gasteiger partial charge in [-0.2, -0.15) is 0 Å². The second kappa shape index (κ2) is 50.8. The van der Waals surface area contributed by atoms with Crippen LogP contribution in [-0.4, -0.2) is 76.0 Å². The van der Waals surface area contributed by atoms with E-state index in [4.69, 9.17) is 0 Å². The summed E-state index contributed by atoms with van der Waals surface area (Å²) in [6.45, 7) is 12.1. The SMILES string of the molecule is Cc1cc(F)c(NC(=O)CCCCc2ccc(-c3ccccc3)cc2)cc1C1CCNCC1.Cc1ccc(NC(=O)CCCCc2ccc(-c3ccccc3)cc2)cc1C1CCNCC1.O=C(CCCCc1ccc(-c2ccccc2)cc1)Nc1cc(C2CCNCC2)ccc1F.O=C(CCCCc1ccc(-c2ccccc2)cc1)Nc1ccc(F)c(C2CCNCC2)c1. The summed E-state index contributed by atoms with van der Waals surface area (Å²) in [6.07, 6.45) is 21.2. The van der Waals surface area contributed by atoms with E-state index in [9.17, 15) is 32.3 Å². The highest BCUT2D eigenvalue weighted by Crippen LogP contribution is 2.36. The average molecular weight is 1730 g/mol. The summed E-state index contributed by atoms with van der Waals surface area (Å²) in [5, 5.41) is 25.1. The van der Waals surface area contributed by atoms with Gasteiger partial charge in [0, 0.05) is 37.1 Å². The molecule has 4 saturated heterocycles. The minimum Gasteiger partial charge on any atom is -0.326 e. The van der Waals surface area contributed by atoms with Crippen molar-refractivity contribution < 1.29 is 32.3 Å². The largest absolute Gasteiger partial charge is 0.326 e. The van der Waals surface area contributed by atoms with Crippen LogP contribution >= 0.6 is 0 Å². The van der Waals surface area contributed by atoms with Gasteiger partial charge in [-0.25, -0.2) is 13.2 Å². The Morgan fingerprint density at radius 3 is 0.907 bits per heavy atom. The van der Waals surface area contributed by atoms with Crippen molar-refractivity contribution in [3.8, 4) is 44.5 Å². The number of nitrogens with one attached hydrogen (secondary N) is 8. The third-order valence-corrected chi connectivity index (χ3v) is 25.6. The van der Waals surface area contributed by atoms with Gasteiger partial charge < -0.3 is 42.5 Å². The molecule has 0 atom stereocenters. The third-order valence-electron chi connectivity index (χ3n) is 25.6. The van der Waals surface area contributed by atoms with Gasteiger partial charge in [-0.05, 0) is 373 Å². The molecular weight excluding hydrogens is 1600 g/mol. The molecule has 0 radical (unpaired) electrons. The molecular formula is C114H129F3N8O4. The molecule has 670 valence electrons. The number of hydrogen-bond donors (Lipinski definition) is 8. The molecule has 4 amide bonds. The first-order valence-corrected chi connectivity index (χ1v) is 47.3. The normalized spacial score (nSPS) is 14.3. The van der Waals surface area contributed by atoms with Crippen molar-refractivity contribution in [2.75, 3.05) is 73.6 Å². The van der Waals surface area contributed by atoms with Crippen LogP contribution in [0.5, 0.6) is 0 Å². The first-order chi connectivity index (χ1) is 63.2. The molecule has 12 aromatic carbocycles. The van der Waals surface area contributed by atoms with Gasteiger partial charge in [-0.1, -0.05) is 231 Å². The van der Waals surface area contributed by atoms with Gasteiger partial charge in [-0.3, -0.25) is 19.2 Å². The van der Waals surface area contributed by atoms with Crippen LogP contribution in [0.2, 0.25) is 0 Å². The lowest BCUT2D eigenvalue weighted by Gasteiger charge is -2.25. The molecule has 0 bridgehead atoms. The minimum absolute atomic E-state index is 0.00713. The van der Waals surface area contributed by atoms with Crippen LogP contribution in [0.4, 0.5) is 35.9 Å². The molecule has 16 rings (SSSR count). The van der Waals surface area contributed by atoms with Crippen LogP contribution in [0, 0.1) is 31.3 Å². The van der Waals surface area contributed by atoms with E-state index in [-0.39, 0.29) is 47.0 Å². The van der Waals surface area contributed by atoms with E-state index in [0.717, 1.165) is 196 Å². The van der Waals surface area contributed by atoms with Gasteiger partial charge in [0.1, 0.15) is 17.5 Å². The molecule has 4 fully saturated rings.